The molecule has 8 heteroatoms. The SMILES string of the molecule is Cc1nc(CN(C)C(=O)c2n[nH]c(C(C)(C)C)n2)n[nH]1. The molecular weight excluding hydrogens is 258 g/mol. The van der Waals surface area contributed by atoms with E-state index in [0.717, 1.165) is 0 Å². The Morgan fingerprint density at radius 3 is 2.40 bits per heavy atom. The highest BCUT2D eigenvalue weighted by Gasteiger charge is 2.23. The van der Waals surface area contributed by atoms with Crippen molar-refractivity contribution in [1.82, 2.24) is 35.3 Å². The number of hydrogen-bond donors (Lipinski definition) is 2. The van der Waals surface area contributed by atoms with Crippen LogP contribution in [0.15, 0.2) is 0 Å². The van der Waals surface area contributed by atoms with Gasteiger partial charge in [-0.2, -0.15) is 5.10 Å². The van der Waals surface area contributed by atoms with Crippen LogP contribution >= 0.6 is 0 Å². The van der Waals surface area contributed by atoms with Crippen LogP contribution in [0.2, 0.25) is 0 Å². The second-order valence-corrected chi connectivity index (χ2v) is 5.76. The largest absolute Gasteiger partial charge is 0.331 e. The molecule has 2 N–H and O–H groups in total. The molecule has 0 aliphatic rings. The van der Waals surface area contributed by atoms with Crippen molar-refractivity contribution in [3.8, 4) is 0 Å². The predicted octanol–water partition coefficient (Wildman–Crippen LogP) is 0.801. The zero-order chi connectivity index (χ0) is 14.9. The number of aromatic amines is 2. The fourth-order valence-electron chi connectivity index (χ4n) is 1.61. The molecule has 108 valence electrons. The standard InChI is InChI=1S/C12H19N7O/c1-7-13-8(16-15-7)6-19(5)10(20)9-14-11(18-17-9)12(2,3)4/h6H2,1-5H3,(H,13,15,16)(H,14,17,18). The molecule has 2 aromatic rings. The fraction of sp³-hybridized carbons (Fsp3) is 0.583. The van der Waals surface area contributed by atoms with Crippen LogP contribution in [-0.2, 0) is 12.0 Å². The van der Waals surface area contributed by atoms with Gasteiger partial charge >= 0.3 is 0 Å². The molecule has 0 aromatic carbocycles. The van der Waals surface area contributed by atoms with Gasteiger partial charge in [-0.05, 0) is 6.92 Å². The summed E-state index contributed by atoms with van der Waals surface area (Å²) in [6.07, 6.45) is 0. The van der Waals surface area contributed by atoms with Gasteiger partial charge in [0.15, 0.2) is 5.82 Å². The molecule has 0 aliphatic heterocycles. The Morgan fingerprint density at radius 2 is 1.90 bits per heavy atom. The molecule has 2 heterocycles. The minimum atomic E-state index is -0.265. The summed E-state index contributed by atoms with van der Waals surface area (Å²) in [5.41, 5.74) is -0.176. The summed E-state index contributed by atoms with van der Waals surface area (Å²) >= 11 is 0. The van der Waals surface area contributed by atoms with Gasteiger partial charge in [0.05, 0.1) is 6.54 Å². The minimum Gasteiger partial charge on any atom is -0.331 e. The van der Waals surface area contributed by atoms with Crippen molar-refractivity contribution >= 4 is 5.91 Å². The van der Waals surface area contributed by atoms with Gasteiger partial charge in [0.1, 0.15) is 11.6 Å². The summed E-state index contributed by atoms with van der Waals surface area (Å²) in [4.78, 5) is 22.1. The van der Waals surface area contributed by atoms with Crippen LogP contribution in [0.5, 0.6) is 0 Å². The lowest BCUT2D eigenvalue weighted by Gasteiger charge is -2.14. The maximum Gasteiger partial charge on any atom is 0.293 e. The third-order valence-electron chi connectivity index (χ3n) is 2.76. The van der Waals surface area contributed by atoms with Gasteiger partial charge in [0.25, 0.3) is 5.91 Å². The van der Waals surface area contributed by atoms with E-state index in [0.29, 0.717) is 24.0 Å². The molecule has 0 fully saturated rings. The van der Waals surface area contributed by atoms with E-state index in [1.807, 2.05) is 27.7 Å². The van der Waals surface area contributed by atoms with Crippen LogP contribution in [0.4, 0.5) is 0 Å². The zero-order valence-electron chi connectivity index (χ0n) is 12.4. The van der Waals surface area contributed by atoms with Crippen LogP contribution in [0.3, 0.4) is 0 Å². The van der Waals surface area contributed by atoms with Crippen molar-refractivity contribution in [2.24, 2.45) is 0 Å². The zero-order valence-corrected chi connectivity index (χ0v) is 12.4. The molecule has 8 nitrogen and oxygen atoms in total. The number of carbonyl (C=O) groups is 1. The van der Waals surface area contributed by atoms with Crippen molar-refractivity contribution in [3.05, 3.63) is 23.3 Å². The van der Waals surface area contributed by atoms with E-state index < -0.39 is 0 Å². The molecule has 0 unspecified atom stereocenters. The number of nitrogens with zero attached hydrogens (tertiary/aromatic N) is 5. The smallest absolute Gasteiger partial charge is 0.293 e. The van der Waals surface area contributed by atoms with E-state index in [9.17, 15) is 4.79 Å². The summed E-state index contributed by atoms with van der Waals surface area (Å²) in [7, 11) is 1.67. The van der Waals surface area contributed by atoms with Gasteiger partial charge in [-0.15, -0.1) is 5.10 Å². The number of rotatable bonds is 3. The molecule has 2 rings (SSSR count). The molecule has 2 aromatic heterocycles. The minimum absolute atomic E-state index is 0.157. The lowest BCUT2D eigenvalue weighted by molar-refractivity contribution is 0.0770. The number of H-pyrrole nitrogens is 2. The molecule has 0 aliphatic carbocycles. The van der Waals surface area contributed by atoms with Gasteiger partial charge in [0, 0.05) is 12.5 Å². The Kier molecular flexibility index (Phi) is 3.56. The number of amides is 1. The molecule has 0 saturated carbocycles. The normalized spacial score (nSPS) is 11.7. The highest BCUT2D eigenvalue weighted by atomic mass is 16.2. The van der Waals surface area contributed by atoms with Gasteiger partial charge in [-0.3, -0.25) is 15.0 Å². The van der Waals surface area contributed by atoms with Gasteiger partial charge < -0.3 is 4.90 Å². The number of hydrogen-bond acceptors (Lipinski definition) is 5. The van der Waals surface area contributed by atoms with E-state index in [4.69, 9.17) is 0 Å². The average molecular weight is 277 g/mol. The molecule has 20 heavy (non-hydrogen) atoms. The number of nitrogens with one attached hydrogen (secondary N) is 2. The van der Waals surface area contributed by atoms with Crippen LogP contribution in [0.25, 0.3) is 0 Å². The van der Waals surface area contributed by atoms with E-state index in [2.05, 4.69) is 30.4 Å². The lowest BCUT2D eigenvalue weighted by Crippen LogP contribution is -2.28. The summed E-state index contributed by atoms with van der Waals surface area (Å²) in [5, 5.41) is 13.5. The monoisotopic (exact) mass is 277 g/mol. The first-order valence-corrected chi connectivity index (χ1v) is 6.33. The van der Waals surface area contributed by atoms with Crippen LogP contribution in [0, 0.1) is 6.92 Å². The highest BCUT2D eigenvalue weighted by molar-refractivity contribution is 5.90. The Labute approximate surface area is 117 Å². The molecule has 0 atom stereocenters. The maximum absolute atomic E-state index is 12.2. The van der Waals surface area contributed by atoms with Gasteiger partial charge in [0.2, 0.25) is 5.82 Å². The quantitative estimate of drug-likeness (QED) is 0.863. The Bertz CT molecular complexity index is 607. The van der Waals surface area contributed by atoms with Crippen molar-refractivity contribution < 1.29 is 4.79 Å². The van der Waals surface area contributed by atoms with Crippen LogP contribution < -0.4 is 0 Å². The molecular formula is C12H19N7O. The number of aryl methyl sites for hydroxylation is 1. The van der Waals surface area contributed by atoms with E-state index in [1.165, 1.54) is 4.90 Å². The first-order chi connectivity index (χ1) is 9.27. The Hall–Kier alpha value is -2.25. The van der Waals surface area contributed by atoms with Crippen molar-refractivity contribution in [3.63, 3.8) is 0 Å². The first-order valence-electron chi connectivity index (χ1n) is 6.33. The summed E-state index contributed by atoms with van der Waals surface area (Å²) in [5.74, 6) is 1.85. The molecule has 0 radical (unpaired) electrons. The molecule has 1 amide bonds. The topological polar surface area (TPSA) is 103 Å². The summed E-state index contributed by atoms with van der Waals surface area (Å²) in [6.45, 7) is 8.12. The van der Waals surface area contributed by atoms with Gasteiger partial charge in [-0.25, -0.2) is 9.97 Å². The van der Waals surface area contributed by atoms with Crippen molar-refractivity contribution in [2.45, 2.75) is 39.7 Å². The first kappa shape index (κ1) is 14.2. The Morgan fingerprint density at radius 1 is 1.20 bits per heavy atom. The van der Waals surface area contributed by atoms with Crippen molar-refractivity contribution in [2.75, 3.05) is 7.05 Å². The molecule has 0 spiro atoms. The van der Waals surface area contributed by atoms with E-state index >= 15 is 0 Å². The predicted molar refractivity (Wildman–Crippen MR) is 72.0 cm³/mol. The van der Waals surface area contributed by atoms with Crippen LogP contribution in [-0.4, -0.2) is 48.2 Å². The van der Waals surface area contributed by atoms with E-state index in [-0.39, 0.29) is 17.1 Å². The third-order valence-corrected chi connectivity index (χ3v) is 2.76. The van der Waals surface area contributed by atoms with Gasteiger partial charge in [-0.1, -0.05) is 20.8 Å². The summed E-state index contributed by atoms with van der Waals surface area (Å²) in [6, 6.07) is 0. The van der Waals surface area contributed by atoms with Crippen LogP contribution in [0.1, 0.15) is 48.9 Å². The lowest BCUT2D eigenvalue weighted by atomic mass is 9.96. The molecule has 0 saturated heterocycles. The summed E-state index contributed by atoms with van der Waals surface area (Å²) < 4.78 is 0. The number of aromatic nitrogens is 6. The second-order valence-electron chi connectivity index (χ2n) is 5.76. The van der Waals surface area contributed by atoms with Crippen molar-refractivity contribution in [1.29, 1.82) is 0 Å². The average Bonchev–Trinajstić information content (AvgIpc) is 2.96. The third kappa shape index (κ3) is 3.01. The highest BCUT2D eigenvalue weighted by Crippen LogP contribution is 2.17. The fourth-order valence-corrected chi connectivity index (χ4v) is 1.61. The Balaban J connectivity index is 2.09. The number of carbonyl (C=O) groups excluding carboxylic acids is 1. The second kappa shape index (κ2) is 5.03. The van der Waals surface area contributed by atoms with E-state index in [1.54, 1.807) is 7.05 Å². The maximum atomic E-state index is 12.2. The molecule has 0 bridgehead atoms.